The Morgan fingerprint density at radius 2 is 1.80 bits per heavy atom. The summed E-state index contributed by atoms with van der Waals surface area (Å²) < 4.78 is 30.0. The van der Waals surface area contributed by atoms with Crippen molar-refractivity contribution >= 4 is 15.9 Å². The number of carbonyl (C=O) groups is 1. The van der Waals surface area contributed by atoms with Crippen molar-refractivity contribution in [2.75, 3.05) is 59.2 Å². The number of piperazine rings is 1. The summed E-state index contributed by atoms with van der Waals surface area (Å²) in [6.45, 7) is 3.37. The second-order valence-corrected chi connectivity index (χ2v) is 8.28. The molecule has 0 saturated carbocycles. The predicted molar refractivity (Wildman–Crippen MR) is 97.0 cm³/mol. The molecule has 1 aliphatic heterocycles. The number of likely N-dealkylation sites (N-methyl/N-ethyl adjacent to an activating group) is 1. The van der Waals surface area contributed by atoms with Crippen LogP contribution in [-0.4, -0.2) is 87.6 Å². The van der Waals surface area contributed by atoms with E-state index in [-0.39, 0.29) is 5.91 Å². The third-order valence-corrected chi connectivity index (χ3v) is 5.46. The lowest BCUT2D eigenvalue weighted by Gasteiger charge is -2.34. The number of benzene rings is 1. The first-order valence-electron chi connectivity index (χ1n) is 8.45. The molecule has 1 aliphatic rings. The maximum atomic E-state index is 12.3. The van der Waals surface area contributed by atoms with E-state index in [0.29, 0.717) is 39.3 Å². The third kappa shape index (κ3) is 6.64. The monoisotopic (exact) mass is 369 g/mol. The van der Waals surface area contributed by atoms with Crippen LogP contribution in [0.3, 0.4) is 0 Å². The Morgan fingerprint density at radius 3 is 2.40 bits per heavy atom. The van der Waals surface area contributed by atoms with E-state index in [9.17, 15) is 13.2 Å². The second-order valence-electron chi connectivity index (χ2n) is 6.30. The zero-order valence-electron chi connectivity index (χ0n) is 14.9. The number of hydrogen-bond donors (Lipinski definition) is 0. The van der Waals surface area contributed by atoms with Crippen molar-refractivity contribution in [3.63, 3.8) is 0 Å². The molecule has 1 saturated heterocycles. The molecule has 8 heteroatoms. The summed E-state index contributed by atoms with van der Waals surface area (Å²) in [7, 11) is -1.25. The maximum Gasteiger partial charge on any atom is 0.236 e. The van der Waals surface area contributed by atoms with Crippen LogP contribution < -0.4 is 4.74 Å². The van der Waals surface area contributed by atoms with Gasteiger partial charge in [-0.15, -0.1) is 0 Å². The zero-order valence-corrected chi connectivity index (χ0v) is 15.7. The second kappa shape index (κ2) is 9.17. The summed E-state index contributed by atoms with van der Waals surface area (Å²) in [4.78, 5) is 16.0. The molecule has 1 amide bonds. The number of ether oxygens (including phenoxy) is 1. The fourth-order valence-electron chi connectivity index (χ4n) is 2.72. The van der Waals surface area contributed by atoms with Gasteiger partial charge in [0, 0.05) is 32.7 Å². The minimum absolute atomic E-state index is 0.0413. The van der Waals surface area contributed by atoms with Crippen LogP contribution in [-0.2, 0) is 14.8 Å². The molecule has 1 heterocycles. The number of sulfonamides is 1. The van der Waals surface area contributed by atoms with E-state index in [1.807, 2.05) is 42.3 Å². The van der Waals surface area contributed by atoms with Crippen molar-refractivity contribution < 1.29 is 17.9 Å². The molecular weight excluding hydrogens is 342 g/mol. The van der Waals surface area contributed by atoms with Gasteiger partial charge in [0.15, 0.2) is 0 Å². The van der Waals surface area contributed by atoms with Crippen molar-refractivity contribution in [3.05, 3.63) is 30.3 Å². The molecule has 0 N–H and O–H groups in total. The van der Waals surface area contributed by atoms with Gasteiger partial charge < -0.3 is 9.64 Å². The molecular formula is C17H27N3O4S. The highest BCUT2D eigenvalue weighted by molar-refractivity contribution is 7.88. The average molecular weight is 369 g/mol. The minimum Gasteiger partial charge on any atom is -0.494 e. The highest BCUT2D eigenvalue weighted by Crippen LogP contribution is 2.09. The Bertz CT molecular complexity index is 643. The molecule has 0 radical (unpaired) electrons. The van der Waals surface area contributed by atoms with Gasteiger partial charge in [0.25, 0.3) is 0 Å². The van der Waals surface area contributed by atoms with Crippen LogP contribution >= 0.6 is 0 Å². The molecule has 2 rings (SSSR count). The first kappa shape index (κ1) is 19.7. The molecule has 0 spiro atoms. The van der Waals surface area contributed by atoms with E-state index in [0.717, 1.165) is 18.7 Å². The molecule has 0 atom stereocenters. The van der Waals surface area contributed by atoms with Gasteiger partial charge in [0.2, 0.25) is 15.9 Å². The molecule has 0 aromatic heterocycles. The van der Waals surface area contributed by atoms with Crippen LogP contribution in [0.4, 0.5) is 0 Å². The van der Waals surface area contributed by atoms with Gasteiger partial charge in [-0.2, -0.15) is 4.31 Å². The largest absolute Gasteiger partial charge is 0.494 e. The molecule has 1 aromatic carbocycles. The summed E-state index contributed by atoms with van der Waals surface area (Å²) in [6, 6.07) is 9.65. The van der Waals surface area contributed by atoms with Crippen LogP contribution in [0.15, 0.2) is 30.3 Å². The molecule has 1 aromatic rings. The van der Waals surface area contributed by atoms with Gasteiger partial charge in [0.1, 0.15) is 5.75 Å². The molecule has 0 aliphatic carbocycles. The number of rotatable bonds is 8. The molecule has 7 nitrogen and oxygen atoms in total. The Hall–Kier alpha value is -1.64. The quantitative estimate of drug-likeness (QED) is 0.624. The van der Waals surface area contributed by atoms with Crippen molar-refractivity contribution in [1.82, 2.24) is 14.1 Å². The van der Waals surface area contributed by atoms with Gasteiger partial charge >= 0.3 is 0 Å². The van der Waals surface area contributed by atoms with Gasteiger partial charge in [-0.05, 0) is 25.6 Å². The normalized spacial score (nSPS) is 16.2. The van der Waals surface area contributed by atoms with Crippen molar-refractivity contribution in [2.24, 2.45) is 0 Å². The van der Waals surface area contributed by atoms with Crippen molar-refractivity contribution in [3.8, 4) is 5.75 Å². The molecule has 0 unspecified atom stereocenters. The zero-order chi connectivity index (χ0) is 18.3. The van der Waals surface area contributed by atoms with E-state index in [1.54, 1.807) is 4.90 Å². The number of nitrogens with zero attached hydrogens (tertiary/aromatic N) is 3. The molecule has 140 valence electrons. The average Bonchev–Trinajstić information content (AvgIpc) is 2.59. The van der Waals surface area contributed by atoms with Crippen LogP contribution in [0.5, 0.6) is 5.75 Å². The lowest BCUT2D eigenvalue weighted by Crippen LogP contribution is -2.52. The molecule has 25 heavy (non-hydrogen) atoms. The number of para-hydroxylation sites is 1. The topological polar surface area (TPSA) is 70.2 Å². The lowest BCUT2D eigenvalue weighted by atomic mass is 10.3. The van der Waals surface area contributed by atoms with Gasteiger partial charge in [-0.25, -0.2) is 8.42 Å². The Balaban J connectivity index is 1.63. The first-order chi connectivity index (χ1) is 11.9. The Labute approximate surface area is 150 Å². The molecule has 0 bridgehead atoms. The Kier molecular flexibility index (Phi) is 7.22. The van der Waals surface area contributed by atoms with Crippen LogP contribution in [0.1, 0.15) is 6.42 Å². The fourth-order valence-corrected chi connectivity index (χ4v) is 3.55. The predicted octanol–water partition coefficient (Wildman–Crippen LogP) is 0.491. The van der Waals surface area contributed by atoms with E-state index < -0.39 is 10.0 Å². The van der Waals surface area contributed by atoms with Crippen LogP contribution in [0.25, 0.3) is 0 Å². The highest BCUT2D eigenvalue weighted by atomic mass is 32.2. The summed E-state index contributed by atoms with van der Waals surface area (Å²) in [5.74, 6) is 0.893. The first-order valence-corrected chi connectivity index (χ1v) is 10.3. The lowest BCUT2D eigenvalue weighted by molar-refractivity contribution is -0.133. The van der Waals surface area contributed by atoms with E-state index in [4.69, 9.17) is 4.74 Å². The summed E-state index contributed by atoms with van der Waals surface area (Å²) in [5, 5.41) is 0. The van der Waals surface area contributed by atoms with E-state index in [2.05, 4.69) is 0 Å². The summed E-state index contributed by atoms with van der Waals surface area (Å²) >= 11 is 0. The Morgan fingerprint density at radius 1 is 1.16 bits per heavy atom. The highest BCUT2D eigenvalue weighted by Gasteiger charge is 2.26. The van der Waals surface area contributed by atoms with E-state index in [1.165, 1.54) is 10.6 Å². The van der Waals surface area contributed by atoms with Gasteiger partial charge in [-0.1, -0.05) is 18.2 Å². The summed E-state index contributed by atoms with van der Waals surface area (Å²) in [6.07, 6.45) is 2.04. The molecule has 1 fully saturated rings. The summed E-state index contributed by atoms with van der Waals surface area (Å²) in [5.41, 5.74) is 0. The minimum atomic E-state index is -3.16. The van der Waals surface area contributed by atoms with Crippen molar-refractivity contribution in [2.45, 2.75) is 6.42 Å². The van der Waals surface area contributed by atoms with Gasteiger partial charge in [0.05, 0.1) is 19.4 Å². The maximum absolute atomic E-state index is 12.3. The number of amides is 1. The van der Waals surface area contributed by atoms with Crippen LogP contribution in [0, 0.1) is 0 Å². The fraction of sp³-hybridized carbons (Fsp3) is 0.588. The third-order valence-electron chi connectivity index (χ3n) is 4.16. The van der Waals surface area contributed by atoms with Gasteiger partial charge in [-0.3, -0.25) is 9.69 Å². The number of hydrogen-bond acceptors (Lipinski definition) is 5. The van der Waals surface area contributed by atoms with Crippen molar-refractivity contribution in [1.29, 1.82) is 0 Å². The number of carbonyl (C=O) groups excluding carboxylic acids is 1. The smallest absolute Gasteiger partial charge is 0.236 e. The van der Waals surface area contributed by atoms with E-state index >= 15 is 0 Å². The SMILES string of the molecule is CN(CCCOc1ccccc1)CC(=O)N1CCN(S(C)(=O)=O)CC1. The van der Waals surface area contributed by atoms with Crippen LogP contribution in [0.2, 0.25) is 0 Å². The standard InChI is InChI=1S/C17H27N3O4S/c1-18(9-6-14-24-16-7-4-3-5-8-16)15-17(21)19-10-12-20(13-11-19)25(2,22)23/h3-5,7-8H,6,9-15H2,1-2H3.